The lowest BCUT2D eigenvalue weighted by Gasteiger charge is -2.37. The molecule has 0 radical (unpaired) electrons. The lowest BCUT2D eigenvalue weighted by Crippen LogP contribution is -2.48. The highest BCUT2D eigenvalue weighted by Gasteiger charge is 2.27. The van der Waals surface area contributed by atoms with E-state index in [1.807, 2.05) is 30.7 Å². The fourth-order valence-corrected chi connectivity index (χ4v) is 3.73. The van der Waals surface area contributed by atoms with Gasteiger partial charge in [0.2, 0.25) is 5.91 Å². The van der Waals surface area contributed by atoms with Crippen LogP contribution in [-0.2, 0) is 9.59 Å². The van der Waals surface area contributed by atoms with Gasteiger partial charge in [-0.25, -0.2) is 4.39 Å². The summed E-state index contributed by atoms with van der Waals surface area (Å²) in [5.74, 6) is -1.04. The van der Waals surface area contributed by atoms with E-state index in [1.165, 1.54) is 12.1 Å². The number of nitrogens with zero attached hydrogens (tertiary/aromatic N) is 3. The molecular weight excluding hydrogens is 385 g/mol. The summed E-state index contributed by atoms with van der Waals surface area (Å²) >= 11 is 0. The Balaban J connectivity index is 0.00000392. The predicted octanol–water partition coefficient (Wildman–Crippen LogP) is 2.64. The Hall–Kier alpha value is -1.70. The standard InChI is InChI=1S/C20H30FN3O3.ClH/c1-4-24(15(2)16-5-7-17(21)8-6-16)19(25)13-23-11-9-18(10-12-23)22(3)14-20(26)27;/h5-8,15,18H,4,9-14H2,1-3H3,(H,26,27);1H. The van der Waals surface area contributed by atoms with E-state index in [2.05, 4.69) is 4.90 Å². The first-order valence-corrected chi connectivity index (χ1v) is 9.51. The normalized spacial score (nSPS) is 16.5. The van der Waals surface area contributed by atoms with Gasteiger partial charge in [-0.05, 0) is 51.4 Å². The first-order valence-electron chi connectivity index (χ1n) is 9.51. The Morgan fingerprint density at radius 1 is 1.25 bits per heavy atom. The molecule has 8 heteroatoms. The number of hydrogen-bond acceptors (Lipinski definition) is 4. The second kappa shape index (κ2) is 11.3. The second-order valence-corrected chi connectivity index (χ2v) is 7.22. The number of rotatable bonds is 8. The number of carboxylic acid groups (broad SMARTS) is 1. The summed E-state index contributed by atoms with van der Waals surface area (Å²) in [7, 11) is 1.84. The van der Waals surface area contributed by atoms with Crippen LogP contribution in [0.1, 0.15) is 38.3 Å². The zero-order chi connectivity index (χ0) is 20.0. The molecule has 1 aliphatic rings. The van der Waals surface area contributed by atoms with Crippen molar-refractivity contribution in [3.05, 3.63) is 35.6 Å². The maximum Gasteiger partial charge on any atom is 0.317 e. The van der Waals surface area contributed by atoms with E-state index >= 15 is 0 Å². The van der Waals surface area contributed by atoms with Crippen LogP contribution in [0.2, 0.25) is 0 Å². The summed E-state index contributed by atoms with van der Waals surface area (Å²) < 4.78 is 13.1. The first-order chi connectivity index (χ1) is 12.8. The zero-order valence-corrected chi connectivity index (χ0v) is 17.6. The molecule has 1 atom stereocenters. The predicted molar refractivity (Wildman–Crippen MR) is 109 cm³/mol. The minimum Gasteiger partial charge on any atom is -0.480 e. The lowest BCUT2D eigenvalue weighted by molar-refractivity contribution is -0.138. The van der Waals surface area contributed by atoms with Crippen LogP contribution in [0.5, 0.6) is 0 Å². The molecule has 2 rings (SSSR count). The molecule has 1 N–H and O–H groups in total. The van der Waals surface area contributed by atoms with Gasteiger partial charge in [0.05, 0.1) is 19.1 Å². The van der Waals surface area contributed by atoms with Crippen LogP contribution in [0, 0.1) is 5.82 Å². The number of piperidine rings is 1. The summed E-state index contributed by atoms with van der Waals surface area (Å²) in [6, 6.07) is 6.42. The molecule has 0 saturated carbocycles. The molecule has 0 aromatic heterocycles. The molecule has 1 unspecified atom stereocenters. The Bertz CT molecular complexity index is 636. The summed E-state index contributed by atoms with van der Waals surface area (Å²) in [6.45, 7) is 6.46. The maximum atomic E-state index is 13.1. The largest absolute Gasteiger partial charge is 0.480 e. The Morgan fingerprint density at radius 2 is 1.82 bits per heavy atom. The number of amides is 1. The average molecular weight is 416 g/mol. The highest BCUT2D eigenvalue weighted by molar-refractivity contribution is 5.85. The summed E-state index contributed by atoms with van der Waals surface area (Å²) in [5, 5.41) is 8.91. The Labute approximate surface area is 172 Å². The fourth-order valence-electron chi connectivity index (χ4n) is 3.73. The van der Waals surface area contributed by atoms with Crippen LogP contribution in [0.15, 0.2) is 24.3 Å². The minimum absolute atomic E-state index is 0. The number of carbonyl (C=O) groups is 2. The number of aliphatic carboxylic acids is 1. The monoisotopic (exact) mass is 415 g/mol. The molecule has 1 aromatic rings. The molecule has 1 saturated heterocycles. The third-order valence-corrected chi connectivity index (χ3v) is 5.40. The van der Waals surface area contributed by atoms with Gasteiger partial charge >= 0.3 is 5.97 Å². The molecule has 1 aliphatic heterocycles. The van der Waals surface area contributed by atoms with Crippen LogP contribution in [-0.4, -0.2) is 77.5 Å². The number of halogens is 2. The average Bonchev–Trinajstić information content (AvgIpc) is 2.62. The molecule has 0 spiro atoms. The SMILES string of the molecule is CCN(C(=O)CN1CCC(N(C)CC(=O)O)CC1)C(C)c1ccc(F)cc1.Cl. The van der Waals surface area contributed by atoms with Gasteiger partial charge in [-0.1, -0.05) is 12.1 Å². The van der Waals surface area contributed by atoms with E-state index in [9.17, 15) is 14.0 Å². The third-order valence-electron chi connectivity index (χ3n) is 5.40. The molecule has 0 bridgehead atoms. The van der Waals surface area contributed by atoms with E-state index in [-0.39, 0.29) is 42.8 Å². The zero-order valence-electron chi connectivity index (χ0n) is 16.8. The first kappa shape index (κ1) is 24.3. The van der Waals surface area contributed by atoms with Crippen molar-refractivity contribution in [2.75, 3.05) is 39.8 Å². The van der Waals surface area contributed by atoms with Crippen molar-refractivity contribution in [3.8, 4) is 0 Å². The van der Waals surface area contributed by atoms with E-state index in [4.69, 9.17) is 5.11 Å². The number of benzene rings is 1. The van der Waals surface area contributed by atoms with E-state index < -0.39 is 5.97 Å². The number of hydrogen-bond donors (Lipinski definition) is 1. The molecule has 1 aromatic carbocycles. The summed E-state index contributed by atoms with van der Waals surface area (Å²) in [6.07, 6.45) is 1.72. The van der Waals surface area contributed by atoms with Gasteiger partial charge in [0.1, 0.15) is 5.82 Å². The number of likely N-dealkylation sites (N-methyl/N-ethyl adjacent to an activating group) is 2. The van der Waals surface area contributed by atoms with Gasteiger partial charge in [0.15, 0.2) is 0 Å². The molecule has 1 heterocycles. The van der Waals surface area contributed by atoms with E-state index in [0.29, 0.717) is 13.1 Å². The number of likely N-dealkylation sites (tertiary alicyclic amines) is 1. The van der Waals surface area contributed by atoms with Gasteiger partial charge in [-0.2, -0.15) is 0 Å². The Kier molecular flexibility index (Phi) is 9.85. The van der Waals surface area contributed by atoms with E-state index in [0.717, 1.165) is 31.5 Å². The van der Waals surface area contributed by atoms with Gasteiger partial charge in [-0.3, -0.25) is 19.4 Å². The fraction of sp³-hybridized carbons (Fsp3) is 0.600. The summed E-state index contributed by atoms with van der Waals surface area (Å²) in [4.78, 5) is 29.5. The van der Waals surface area contributed by atoms with Crippen LogP contribution >= 0.6 is 12.4 Å². The third kappa shape index (κ3) is 6.72. The maximum absolute atomic E-state index is 13.1. The van der Waals surface area contributed by atoms with Crippen LogP contribution in [0.3, 0.4) is 0 Å². The van der Waals surface area contributed by atoms with Crippen LogP contribution in [0.4, 0.5) is 4.39 Å². The highest BCUT2D eigenvalue weighted by Crippen LogP contribution is 2.21. The van der Waals surface area contributed by atoms with Crippen molar-refractivity contribution >= 4 is 24.3 Å². The minimum atomic E-state index is -0.816. The summed E-state index contributed by atoms with van der Waals surface area (Å²) in [5.41, 5.74) is 0.917. The van der Waals surface area contributed by atoms with Gasteiger partial charge < -0.3 is 10.0 Å². The molecular formula is C20H31ClFN3O3. The molecule has 1 fully saturated rings. The van der Waals surface area contributed by atoms with Crippen molar-refractivity contribution in [1.29, 1.82) is 0 Å². The van der Waals surface area contributed by atoms with E-state index in [1.54, 1.807) is 12.1 Å². The van der Waals surface area contributed by atoms with Crippen LogP contribution in [0.25, 0.3) is 0 Å². The quantitative estimate of drug-likeness (QED) is 0.707. The second-order valence-electron chi connectivity index (χ2n) is 7.22. The van der Waals surface area contributed by atoms with Crippen molar-refractivity contribution in [3.63, 3.8) is 0 Å². The van der Waals surface area contributed by atoms with Crippen LogP contribution < -0.4 is 0 Å². The van der Waals surface area contributed by atoms with Gasteiger partial charge in [0.25, 0.3) is 0 Å². The molecule has 0 aliphatic carbocycles. The molecule has 158 valence electrons. The molecule has 6 nitrogen and oxygen atoms in total. The van der Waals surface area contributed by atoms with Crippen molar-refractivity contribution in [2.45, 2.75) is 38.8 Å². The van der Waals surface area contributed by atoms with Gasteiger partial charge in [0, 0.05) is 25.7 Å². The van der Waals surface area contributed by atoms with Crippen molar-refractivity contribution in [1.82, 2.24) is 14.7 Å². The van der Waals surface area contributed by atoms with Gasteiger partial charge in [-0.15, -0.1) is 12.4 Å². The molecule has 1 amide bonds. The van der Waals surface area contributed by atoms with Crippen molar-refractivity contribution in [2.24, 2.45) is 0 Å². The number of carboxylic acids is 1. The lowest BCUT2D eigenvalue weighted by atomic mass is 10.0. The molecule has 28 heavy (non-hydrogen) atoms. The smallest absolute Gasteiger partial charge is 0.317 e. The highest BCUT2D eigenvalue weighted by atomic mass is 35.5. The van der Waals surface area contributed by atoms with Crippen molar-refractivity contribution < 1.29 is 19.1 Å². The Morgan fingerprint density at radius 3 is 2.32 bits per heavy atom. The topological polar surface area (TPSA) is 64.1 Å². The number of carbonyl (C=O) groups excluding carboxylic acids is 1.